The fourth-order valence-electron chi connectivity index (χ4n) is 4.14. The van der Waals surface area contributed by atoms with Crippen LogP contribution < -0.4 is 20.5 Å². The van der Waals surface area contributed by atoms with Gasteiger partial charge in [-0.1, -0.05) is 35.9 Å². The lowest BCUT2D eigenvalue weighted by Crippen LogP contribution is -2.43. The average Bonchev–Trinajstić information content (AvgIpc) is 2.85. The number of hydrogen-bond acceptors (Lipinski definition) is 5. The molecule has 1 aromatic heterocycles. The number of carbonyl (C=O) groups excluding carboxylic acids is 1. The molecule has 3 aromatic rings. The lowest BCUT2D eigenvalue weighted by atomic mass is 9.97. The van der Waals surface area contributed by atoms with Gasteiger partial charge in [-0.3, -0.25) is 9.59 Å². The number of anilines is 1. The molecule has 0 spiro atoms. The third-order valence-corrected chi connectivity index (χ3v) is 6.44. The molecule has 1 amide bonds. The van der Waals surface area contributed by atoms with Gasteiger partial charge in [-0.25, -0.2) is 0 Å². The minimum atomic E-state index is -0.233. The quantitative estimate of drug-likeness (QED) is 0.550. The second-order valence-electron chi connectivity index (χ2n) is 8.42. The van der Waals surface area contributed by atoms with E-state index in [0.29, 0.717) is 36.2 Å². The Hall–Kier alpha value is -3.32. The Morgan fingerprint density at radius 3 is 2.82 bits per heavy atom. The number of ether oxygens (including phenoxy) is 1. The Kier molecular flexibility index (Phi) is 7.53. The van der Waals surface area contributed by atoms with Crippen LogP contribution in [0.25, 0.3) is 5.69 Å². The molecule has 1 N–H and O–H groups in total. The molecule has 0 unspecified atom stereocenters. The first-order valence-corrected chi connectivity index (χ1v) is 11.9. The molecule has 0 bridgehead atoms. The average molecular weight is 481 g/mol. The maximum Gasteiger partial charge on any atom is 0.271 e. The van der Waals surface area contributed by atoms with Gasteiger partial charge in [0.1, 0.15) is 11.6 Å². The van der Waals surface area contributed by atoms with Crippen LogP contribution in [-0.2, 0) is 11.3 Å². The normalized spacial score (nSPS) is 15.7. The topological polar surface area (TPSA) is 76.5 Å². The Morgan fingerprint density at radius 2 is 2.03 bits per heavy atom. The van der Waals surface area contributed by atoms with E-state index in [-0.39, 0.29) is 17.4 Å². The summed E-state index contributed by atoms with van der Waals surface area (Å²) in [7, 11) is 0. The van der Waals surface area contributed by atoms with Crippen molar-refractivity contribution >= 4 is 23.3 Å². The number of aryl methyl sites for hydroxylation is 1. The number of rotatable bonds is 7. The van der Waals surface area contributed by atoms with Gasteiger partial charge >= 0.3 is 0 Å². The molecule has 1 aliphatic heterocycles. The molecule has 34 heavy (non-hydrogen) atoms. The first-order valence-electron chi connectivity index (χ1n) is 11.6. The highest BCUT2D eigenvalue weighted by Gasteiger charge is 2.27. The number of halogens is 1. The molecule has 178 valence electrons. The van der Waals surface area contributed by atoms with E-state index in [2.05, 4.69) is 15.3 Å². The highest BCUT2D eigenvalue weighted by atomic mass is 35.5. The highest BCUT2D eigenvalue weighted by Crippen LogP contribution is 2.23. The molecule has 7 nitrogen and oxygen atoms in total. The van der Waals surface area contributed by atoms with E-state index in [0.717, 1.165) is 36.3 Å². The van der Waals surface area contributed by atoms with Gasteiger partial charge in [-0.05, 0) is 56.5 Å². The molecule has 1 atom stereocenters. The molecule has 0 radical (unpaired) electrons. The number of nitrogens with one attached hydrogen (secondary N) is 1. The van der Waals surface area contributed by atoms with Crippen molar-refractivity contribution in [3.8, 4) is 11.4 Å². The number of carbonyl (C=O) groups is 1. The van der Waals surface area contributed by atoms with E-state index < -0.39 is 0 Å². The zero-order valence-corrected chi connectivity index (χ0v) is 20.2. The van der Waals surface area contributed by atoms with Crippen molar-refractivity contribution in [3.05, 3.63) is 81.1 Å². The molecule has 2 aromatic carbocycles. The van der Waals surface area contributed by atoms with Crippen molar-refractivity contribution in [3.63, 3.8) is 0 Å². The molecule has 0 aliphatic carbocycles. The summed E-state index contributed by atoms with van der Waals surface area (Å²) in [5, 5.41) is 8.22. The molecular formula is C26H29ClN4O3. The number of para-hydroxylation sites is 1. The molecule has 0 saturated carbocycles. The molecule has 4 rings (SSSR count). The predicted octanol–water partition coefficient (Wildman–Crippen LogP) is 4.13. The van der Waals surface area contributed by atoms with Gasteiger partial charge in [0.05, 0.1) is 18.2 Å². The van der Waals surface area contributed by atoms with Crippen LogP contribution in [0.4, 0.5) is 5.82 Å². The molecule has 2 heterocycles. The van der Waals surface area contributed by atoms with Gasteiger partial charge in [-0.15, -0.1) is 5.10 Å². The van der Waals surface area contributed by atoms with Crippen LogP contribution in [-0.4, -0.2) is 35.4 Å². The number of aromatic nitrogens is 2. The maximum absolute atomic E-state index is 13.0. The summed E-state index contributed by atoms with van der Waals surface area (Å²) >= 11 is 6.25. The van der Waals surface area contributed by atoms with Crippen molar-refractivity contribution in [2.45, 2.75) is 33.2 Å². The third kappa shape index (κ3) is 5.42. The van der Waals surface area contributed by atoms with E-state index in [4.69, 9.17) is 16.3 Å². The monoisotopic (exact) mass is 480 g/mol. The zero-order chi connectivity index (χ0) is 24.1. The maximum atomic E-state index is 13.0. The van der Waals surface area contributed by atoms with Gasteiger partial charge in [0.25, 0.3) is 5.56 Å². The number of benzene rings is 2. The van der Waals surface area contributed by atoms with Crippen molar-refractivity contribution < 1.29 is 9.53 Å². The number of piperidine rings is 1. The van der Waals surface area contributed by atoms with Crippen LogP contribution in [0.3, 0.4) is 0 Å². The summed E-state index contributed by atoms with van der Waals surface area (Å²) in [6.45, 7) is 6.16. The van der Waals surface area contributed by atoms with Crippen LogP contribution in [0.5, 0.6) is 5.75 Å². The summed E-state index contributed by atoms with van der Waals surface area (Å²) in [6.07, 6.45) is 1.67. The van der Waals surface area contributed by atoms with Crippen LogP contribution in [0.15, 0.2) is 59.4 Å². The summed E-state index contributed by atoms with van der Waals surface area (Å²) < 4.78 is 7.01. The van der Waals surface area contributed by atoms with Gasteiger partial charge in [0.2, 0.25) is 5.91 Å². The molecule has 1 fully saturated rings. The number of amides is 1. The largest absolute Gasteiger partial charge is 0.494 e. The van der Waals surface area contributed by atoms with Gasteiger partial charge in [-0.2, -0.15) is 4.68 Å². The fourth-order valence-corrected chi connectivity index (χ4v) is 4.32. The molecule has 1 aliphatic rings. The molecular weight excluding hydrogens is 452 g/mol. The Labute approximate surface area is 204 Å². The Morgan fingerprint density at radius 1 is 1.21 bits per heavy atom. The van der Waals surface area contributed by atoms with Crippen molar-refractivity contribution in [1.82, 2.24) is 15.1 Å². The second-order valence-corrected chi connectivity index (χ2v) is 8.83. The van der Waals surface area contributed by atoms with E-state index in [1.807, 2.05) is 50.2 Å². The Bertz CT molecular complexity index is 1230. The standard InChI is InChI=1S/C26H29ClN4O3/c1-3-34-23-9-5-4-7-19(23)16-28-26(33)20-8-6-14-30(17-20)24-12-13-25(32)31(29-24)21-11-10-18(2)22(27)15-21/h4-5,7,9-13,15,20H,3,6,8,14,16-17H2,1-2H3,(H,28,33)/t20-/m0/s1. The predicted molar refractivity (Wildman–Crippen MR) is 134 cm³/mol. The minimum absolute atomic E-state index is 0.00893. The van der Waals surface area contributed by atoms with E-state index in [1.165, 1.54) is 10.7 Å². The van der Waals surface area contributed by atoms with Gasteiger partial charge in [0, 0.05) is 36.3 Å². The van der Waals surface area contributed by atoms with Gasteiger partial charge < -0.3 is 15.0 Å². The smallest absolute Gasteiger partial charge is 0.271 e. The number of nitrogens with zero attached hydrogens (tertiary/aromatic N) is 3. The van der Waals surface area contributed by atoms with E-state index in [1.54, 1.807) is 12.1 Å². The van der Waals surface area contributed by atoms with Crippen LogP contribution in [0.2, 0.25) is 5.02 Å². The zero-order valence-electron chi connectivity index (χ0n) is 19.5. The summed E-state index contributed by atoms with van der Waals surface area (Å²) in [6, 6.07) is 16.4. The van der Waals surface area contributed by atoms with E-state index >= 15 is 0 Å². The summed E-state index contributed by atoms with van der Waals surface area (Å²) in [5.74, 6) is 1.30. The first kappa shape index (κ1) is 23.8. The fraction of sp³-hybridized carbons (Fsp3) is 0.346. The summed E-state index contributed by atoms with van der Waals surface area (Å²) in [5.41, 5.74) is 2.27. The highest BCUT2D eigenvalue weighted by molar-refractivity contribution is 6.31. The van der Waals surface area contributed by atoms with Crippen LogP contribution >= 0.6 is 11.6 Å². The van der Waals surface area contributed by atoms with Gasteiger partial charge in [0.15, 0.2) is 0 Å². The third-order valence-electron chi connectivity index (χ3n) is 6.03. The lowest BCUT2D eigenvalue weighted by Gasteiger charge is -2.33. The van der Waals surface area contributed by atoms with Crippen molar-refractivity contribution in [2.75, 3.05) is 24.6 Å². The lowest BCUT2D eigenvalue weighted by molar-refractivity contribution is -0.125. The number of hydrogen-bond donors (Lipinski definition) is 1. The van der Waals surface area contributed by atoms with Crippen LogP contribution in [0.1, 0.15) is 30.9 Å². The minimum Gasteiger partial charge on any atom is -0.494 e. The SMILES string of the molecule is CCOc1ccccc1CNC(=O)[C@H]1CCCN(c2ccc(=O)n(-c3ccc(C)c(Cl)c3)n2)C1. The first-order chi connectivity index (χ1) is 16.5. The van der Waals surface area contributed by atoms with Crippen molar-refractivity contribution in [2.24, 2.45) is 5.92 Å². The van der Waals surface area contributed by atoms with Crippen molar-refractivity contribution in [1.29, 1.82) is 0 Å². The second kappa shape index (κ2) is 10.7. The Balaban J connectivity index is 1.46. The van der Waals surface area contributed by atoms with Crippen LogP contribution in [0, 0.1) is 12.8 Å². The van der Waals surface area contributed by atoms with E-state index in [9.17, 15) is 9.59 Å². The summed E-state index contributed by atoms with van der Waals surface area (Å²) in [4.78, 5) is 27.5. The molecule has 1 saturated heterocycles. The molecule has 8 heteroatoms.